The molecule has 0 unspecified atom stereocenters. The molecule has 0 spiro atoms. The molecule has 0 aliphatic rings. The van der Waals surface area contributed by atoms with Gasteiger partial charge in [-0.25, -0.2) is 9.37 Å². The van der Waals surface area contributed by atoms with E-state index in [1.165, 1.54) is 28.2 Å². The van der Waals surface area contributed by atoms with Gasteiger partial charge in [0.15, 0.2) is 5.69 Å². The molecule has 1 aromatic carbocycles. The van der Waals surface area contributed by atoms with Gasteiger partial charge in [0.2, 0.25) is 5.13 Å². The topological polar surface area (TPSA) is 85.8 Å². The zero-order valence-corrected chi connectivity index (χ0v) is 14.1. The van der Waals surface area contributed by atoms with Gasteiger partial charge in [-0.15, -0.1) is 0 Å². The van der Waals surface area contributed by atoms with E-state index in [1.54, 1.807) is 32.0 Å². The average molecular weight is 357 g/mol. The molecule has 1 amide bonds. The second-order valence-electron chi connectivity index (χ2n) is 5.44. The molecular weight excluding hydrogens is 345 g/mol. The van der Waals surface area contributed by atoms with Crippen LogP contribution in [-0.2, 0) is 0 Å². The van der Waals surface area contributed by atoms with Gasteiger partial charge in [-0.05, 0) is 26.0 Å². The molecule has 7 nitrogen and oxygen atoms in total. The van der Waals surface area contributed by atoms with Gasteiger partial charge < -0.3 is 9.84 Å². The Bertz CT molecular complexity index is 1100. The largest absolute Gasteiger partial charge is 0.361 e. The molecule has 0 atom stereocenters. The minimum absolute atomic E-state index is 0.165. The van der Waals surface area contributed by atoms with Crippen LogP contribution in [0.4, 0.5) is 10.2 Å². The molecule has 4 rings (SSSR count). The van der Waals surface area contributed by atoms with Crippen LogP contribution in [0.1, 0.15) is 21.9 Å². The van der Waals surface area contributed by atoms with Crippen molar-refractivity contribution < 1.29 is 13.7 Å². The summed E-state index contributed by atoms with van der Waals surface area (Å²) in [7, 11) is 0. The van der Waals surface area contributed by atoms with Gasteiger partial charge in [0.05, 0.1) is 10.4 Å². The van der Waals surface area contributed by atoms with E-state index in [-0.39, 0.29) is 11.2 Å². The molecular formula is C16H12FN5O2S. The molecule has 0 radical (unpaired) electrons. The van der Waals surface area contributed by atoms with Gasteiger partial charge in [-0.3, -0.25) is 4.79 Å². The summed E-state index contributed by atoms with van der Waals surface area (Å²) < 4.78 is 21.0. The van der Waals surface area contributed by atoms with Crippen LogP contribution in [0.15, 0.2) is 34.9 Å². The number of hydrogen-bond acceptors (Lipinski definition) is 6. The van der Waals surface area contributed by atoms with Gasteiger partial charge in [-0.1, -0.05) is 22.6 Å². The highest BCUT2D eigenvalue weighted by molar-refractivity contribution is 7.20. The number of aryl methyl sites for hydroxylation is 2. The molecule has 3 heterocycles. The Labute approximate surface area is 145 Å². The molecule has 9 heteroatoms. The van der Waals surface area contributed by atoms with E-state index in [0.717, 1.165) is 0 Å². The fraction of sp³-hybridized carbons (Fsp3) is 0.125. The highest BCUT2D eigenvalue weighted by Gasteiger charge is 2.18. The third-order valence-corrected chi connectivity index (χ3v) is 4.47. The first-order valence-electron chi connectivity index (χ1n) is 7.38. The SMILES string of the molecule is Cc1cc(NC(=O)c2cc(C)on2)n(-c2nc3c(F)cccc3s2)n1. The molecule has 4 aromatic rings. The first-order chi connectivity index (χ1) is 12.0. The van der Waals surface area contributed by atoms with Crippen molar-refractivity contribution in [1.29, 1.82) is 0 Å². The second-order valence-corrected chi connectivity index (χ2v) is 6.45. The molecule has 0 saturated heterocycles. The Morgan fingerprint density at radius 1 is 1.32 bits per heavy atom. The third-order valence-electron chi connectivity index (χ3n) is 3.47. The molecule has 0 aliphatic heterocycles. The number of thiazole rings is 1. The lowest BCUT2D eigenvalue weighted by atomic mass is 10.3. The molecule has 0 bridgehead atoms. The predicted octanol–water partition coefficient (Wildman–Crippen LogP) is 3.48. The van der Waals surface area contributed by atoms with Gasteiger partial charge in [-0.2, -0.15) is 9.78 Å². The number of anilines is 1. The smallest absolute Gasteiger partial charge is 0.279 e. The number of hydrogen-bond donors (Lipinski definition) is 1. The number of halogens is 1. The Morgan fingerprint density at radius 3 is 2.88 bits per heavy atom. The molecule has 1 N–H and O–H groups in total. The number of aromatic nitrogens is 4. The monoisotopic (exact) mass is 357 g/mol. The normalized spacial score (nSPS) is 11.2. The minimum atomic E-state index is -0.426. The maximum atomic E-state index is 13.9. The van der Waals surface area contributed by atoms with Crippen LogP contribution in [0.25, 0.3) is 15.3 Å². The number of fused-ring (bicyclic) bond motifs is 1. The van der Waals surface area contributed by atoms with E-state index in [9.17, 15) is 9.18 Å². The predicted molar refractivity (Wildman–Crippen MR) is 90.6 cm³/mol. The number of amides is 1. The first kappa shape index (κ1) is 15.5. The summed E-state index contributed by atoms with van der Waals surface area (Å²) in [6.45, 7) is 3.49. The number of carbonyl (C=O) groups is 1. The summed E-state index contributed by atoms with van der Waals surface area (Å²) in [5.74, 6) is 0.136. The summed E-state index contributed by atoms with van der Waals surface area (Å²) in [4.78, 5) is 16.6. The lowest BCUT2D eigenvalue weighted by Crippen LogP contribution is -2.15. The van der Waals surface area contributed by atoms with Crippen LogP contribution in [0.5, 0.6) is 0 Å². The number of carbonyl (C=O) groups excluding carboxylic acids is 1. The molecule has 3 aromatic heterocycles. The third kappa shape index (κ3) is 2.78. The van der Waals surface area contributed by atoms with E-state index >= 15 is 0 Å². The minimum Gasteiger partial charge on any atom is -0.361 e. The Morgan fingerprint density at radius 2 is 2.16 bits per heavy atom. The van der Waals surface area contributed by atoms with E-state index < -0.39 is 11.7 Å². The van der Waals surface area contributed by atoms with Crippen molar-refractivity contribution in [3.63, 3.8) is 0 Å². The maximum absolute atomic E-state index is 13.9. The van der Waals surface area contributed by atoms with Crippen molar-refractivity contribution in [2.24, 2.45) is 0 Å². The van der Waals surface area contributed by atoms with Crippen LogP contribution >= 0.6 is 11.3 Å². The summed E-state index contributed by atoms with van der Waals surface area (Å²) in [5, 5.41) is 11.2. The highest BCUT2D eigenvalue weighted by Crippen LogP contribution is 2.28. The van der Waals surface area contributed by atoms with Crippen molar-refractivity contribution in [2.75, 3.05) is 5.32 Å². The van der Waals surface area contributed by atoms with Crippen LogP contribution < -0.4 is 5.32 Å². The summed E-state index contributed by atoms with van der Waals surface area (Å²) in [6, 6.07) is 8.01. The average Bonchev–Trinajstić information content (AvgIpc) is 3.26. The van der Waals surface area contributed by atoms with Gasteiger partial charge in [0.25, 0.3) is 5.91 Å². The molecule has 25 heavy (non-hydrogen) atoms. The Hall–Kier alpha value is -3.07. The first-order valence-corrected chi connectivity index (χ1v) is 8.19. The number of benzene rings is 1. The van der Waals surface area contributed by atoms with Crippen molar-refractivity contribution in [2.45, 2.75) is 13.8 Å². The number of nitrogens with zero attached hydrogens (tertiary/aromatic N) is 4. The molecule has 0 fully saturated rings. The standard InChI is InChI=1S/C16H12FN5O2S/c1-8-6-13(18-15(23)11-7-9(2)24-21-11)22(20-8)16-19-14-10(17)4-3-5-12(14)25-16/h3-7H,1-2H3,(H,18,23). The lowest BCUT2D eigenvalue weighted by Gasteiger charge is -2.04. The Balaban J connectivity index is 1.73. The van der Waals surface area contributed by atoms with Crippen molar-refractivity contribution >= 4 is 33.3 Å². The number of nitrogens with one attached hydrogen (secondary N) is 1. The Kier molecular flexibility index (Phi) is 3.57. The number of para-hydroxylation sites is 1. The van der Waals surface area contributed by atoms with Crippen molar-refractivity contribution in [3.05, 3.63) is 53.3 Å². The zero-order chi connectivity index (χ0) is 17.6. The summed E-state index contributed by atoms with van der Waals surface area (Å²) >= 11 is 1.28. The van der Waals surface area contributed by atoms with E-state index in [1.807, 2.05) is 0 Å². The van der Waals surface area contributed by atoms with Crippen LogP contribution in [0, 0.1) is 19.7 Å². The van der Waals surface area contributed by atoms with Crippen molar-refractivity contribution in [1.82, 2.24) is 19.9 Å². The van der Waals surface area contributed by atoms with E-state index in [2.05, 4.69) is 20.6 Å². The van der Waals surface area contributed by atoms with E-state index in [4.69, 9.17) is 4.52 Å². The fourth-order valence-corrected chi connectivity index (χ4v) is 3.33. The second kappa shape index (κ2) is 5.78. The zero-order valence-electron chi connectivity index (χ0n) is 13.3. The fourth-order valence-electron chi connectivity index (χ4n) is 2.38. The molecule has 0 aliphatic carbocycles. The van der Waals surface area contributed by atoms with Gasteiger partial charge in [0, 0.05) is 12.1 Å². The molecule has 0 saturated carbocycles. The maximum Gasteiger partial charge on any atom is 0.279 e. The van der Waals surface area contributed by atoms with Crippen LogP contribution in [0.2, 0.25) is 0 Å². The van der Waals surface area contributed by atoms with Crippen LogP contribution in [0.3, 0.4) is 0 Å². The van der Waals surface area contributed by atoms with E-state index in [0.29, 0.717) is 27.1 Å². The number of rotatable bonds is 3. The quantitative estimate of drug-likeness (QED) is 0.607. The van der Waals surface area contributed by atoms with Crippen LogP contribution in [-0.4, -0.2) is 25.8 Å². The lowest BCUT2D eigenvalue weighted by molar-refractivity contribution is 0.101. The highest BCUT2D eigenvalue weighted by atomic mass is 32.1. The van der Waals surface area contributed by atoms with Gasteiger partial charge >= 0.3 is 0 Å². The van der Waals surface area contributed by atoms with Crippen molar-refractivity contribution in [3.8, 4) is 5.13 Å². The summed E-state index contributed by atoms with van der Waals surface area (Å²) in [5.41, 5.74) is 1.13. The van der Waals surface area contributed by atoms with Gasteiger partial charge in [0.1, 0.15) is 22.9 Å². The summed E-state index contributed by atoms with van der Waals surface area (Å²) in [6.07, 6.45) is 0. The molecule has 126 valence electrons.